The van der Waals surface area contributed by atoms with Gasteiger partial charge in [0.1, 0.15) is 11.8 Å². The molecule has 2 rings (SSSR count). The molecule has 0 bridgehead atoms. The smallest absolute Gasteiger partial charge is 0.244 e. The van der Waals surface area contributed by atoms with E-state index in [0.29, 0.717) is 12.2 Å². The number of amides is 1. The summed E-state index contributed by atoms with van der Waals surface area (Å²) in [6.07, 6.45) is 0.345. The zero-order valence-electron chi connectivity index (χ0n) is 15.8. The summed E-state index contributed by atoms with van der Waals surface area (Å²) < 4.78 is 33.0. The number of methoxy groups -OCH3 is 1. The molecule has 0 aliphatic rings. The summed E-state index contributed by atoms with van der Waals surface area (Å²) in [5.74, 6) is 0.000694. The molecule has 2 aromatic carbocycles. The van der Waals surface area contributed by atoms with Crippen molar-refractivity contribution in [2.75, 3.05) is 7.11 Å². The van der Waals surface area contributed by atoms with E-state index < -0.39 is 22.0 Å². The second-order valence-electron chi connectivity index (χ2n) is 6.76. The maximum absolute atomic E-state index is 13.3. The summed E-state index contributed by atoms with van der Waals surface area (Å²) >= 11 is 0. The van der Waals surface area contributed by atoms with Gasteiger partial charge in [0.25, 0.3) is 0 Å². The molecule has 146 valence electrons. The molecule has 2 aromatic rings. The summed E-state index contributed by atoms with van der Waals surface area (Å²) in [6, 6.07) is 14.3. The molecule has 0 saturated carbocycles. The minimum Gasteiger partial charge on any atom is -0.497 e. The number of sulfonamides is 1. The fourth-order valence-electron chi connectivity index (χ4n) is 2.83. The number of carbonyl (C=O) groups is 1. The second-order valence-corrected chi connectivity index (χ2v) is 8.65. The van der Waals surface area contributed by atoms with Gasteiger partial charge in [-0.15, -0.1) is 0 Å². The topological polar surface area (TPSA) is 89.7 Å². The normalized spacial score (nSPS) is 12.9. The van der Waals surface area contributed by atoms with Crippen LogP contribution >= 0.6 is 0 Å². The highest BCUT2D eigenvalue weighted by molar-refractivity contribution is 7.89. The molecule has 1 atom stereocenters. The summed E-state index contributed by atoms with van der Waals surface area (Å²) in [7, 11) is -2.43. The van der Waals surface area contributed by atoms with Crippen LogP contribution in [0.4, 0.5) is 0 Å². The van der Waals surface area contributed by atoms with Crippen LogP contribution in [-0.4, -0.2) is 31.8 Å². The van der Waals surface area contributed by atoms with E-state index in [1.165, 1.54) is 23.5 Å². The van der Waals surface area contributed by atoms with Gasteiger partial charge in [-0.05, 0) is 42.2 Å². The fraction of sp³-hybridized carbons (Fsp3) is 0.350. The first-order chi connectivity index (χ1) is 12.8. The standard InChI is InChI=1S/C20H26N2O4S/c1-15(2)13-19(20(21)23)22(14-16-7-5-4-6-8-16)27(24,25)18-11-9-17(26-3)10-12-18/h4-12,15,19H,13-14H2,1-3H3,(H2,21,23)/t19-/m1/s1. The molecule has 0 fully saturated rings. The Hall–Kier alpha value is -2.38. The Morgan fingerprint density at radius 3 is 2.15 bits per heavy atom. The van der Waals surface area contributed by atoms with Crippen molar-refractivity contribution in [3.63, 3.8) is 0 Å². The van der Waals surface area contributed by atoms with Crippen LogP contribution < -0.4 is 10.5 Å². The number of nitrogens with two attached hydrogens (primary N) is 1. The predicted octanol–water partition coefficient (Wildman–Crippen LogP) is 2.79. The van der Waals surface area contributed by atoms with Gasteiger partial charge < -0.3 is 10.5 Å². The Balaban J connectivity index is 2.49. The van der Waals surface area contributed by atoms with Crippen LogP contribution in [0.25, 0.3) is 0 Å². The zero-order chi connectivity index (χ0) is 20.0. The van der Waals surface area contributed by atoms with Crippen LogP contribution in [0.5, 0.6) is 5.75 Å². The van der Waals surface area contributed by atoms with Crippen molar-refractivity contribution in [2.24, 2.45) is 11.7 Å². The van der Waals surface area contributed by atoms with E-state index in [1.807, 2.05) is 44.2 Å². The monoisotopic (exact) mass is 390 g/mol. The molecule has 0 saturated heterocycles. The molecular formula is C20H26N2O4S. The molecular weight excluding hydrogens is 364 g/mol. The highest BCUT2D eigenvalue weighted by Gasteiger charge is 2.35. The number of nitrogens with zero attached hydrogens (tertiary/aromatic N) is 1. The molecule has 0 spiro atoms. The average molecular weight is 391 g/mol. The molecule has 7 heteroatoms. The zero-order valence-corrected chi connectivity index (χ0v) is 16.6. The van der Waals surface area contributed by atoms with E-state index >= 15 is 0 Å². The lowest BCUT2D eigenvalue weighted by molar-refractivity contribution is -0.122. The molecule has 2 N–H and O–H groups in total. The summed E-state index contributed by atoms with van der Waals surface area (Å²) in [4.78, 5) is 12.2. The van der Waals surface area contributed by atoms with Crippen molar-refractivity contribution in [1.82, 2.24) is 4.31 Å². The third kappa shape index (κ3) is 5.30. The summed E-state index contributed by atoms with van der Waals surface area (Å²) in [5.41, 5.74) is 6.38. The number of carbonyl (C=O) groups excluding carboxylic acids is 1. The van der Waals surface area contributed by atoms with Gasteiger partial charge >= 0.3 is 0 Å². The Kier molecular flexibility index (Phi) is 6.98. The molecule has 0 heterocycles. The largest absolute Gasteiger partial charge is 0.497 e. The third-order valence-corrected chi connectivity index (χ3v) is 6.09. The lowest BCUT2D eigenvalue weighted by Gasteiger charge is -2.30. The fourth-order valence-corrected chi connectivity index (χ4v) is 4.43. The first-order valence-electron chi connectivity index (χ1n) is 8.75. The Bertz CT molecular complexity index is 849. The third-order valence-electron chi connectivity index (χ3n) is 4.22. The number of rotatable bonds is 9. The first kappa shape index (κ1) is 20.9. The van der Waals surface area contributed by atoms with Gasteiger partial charge in [-0.1, -0.05) is 44.2 Å². The Morgan fingerprint density at radius 2 is 1.67 bits per heavy atom. The lowest BCUT2D eigenvalue weighted by atomic mass is 10.0. The van der Waals surface area contributed by atoms with Crippen molar-refractivity contribution in [2.45, 2.75) is 37.8 Å². The van der Waals surface area contributed by atoms with E-state index in [4.69, 9.17) is 10.5 Å². The second kappa shape index (κ2) is 9.01. The Labute approximate surface area is 161 Å². The minimum absolute atomic E-state index is 0.0650. The quantitative estimate of drug-likeness (QED) is 0.713. The molecule has 0 unspecified atom stereocenters. The Morgan fingerprint density at radius 1 is 1.07 bits per heavy atom. The first-order valence-corrected chi connectivity index (χ1v) is 10.2. The van der Waals surface area contributed by atoms with E-state index in [9.17, 15) is 13.2 Å². The van der Waals surface area contributed by atoms with Crippen LogP contribution in [0.2, 0.25) is 0 Å². The van der Waals surface area contributed by atoms with E-state index in [2.05, 4.69) is 0 Å². The molecule has 0 aliphatic heterocycles. The maximum atomic E-state index is 13.3. The SMILES string of the molecule is COc1ccc(S(=O)(=O)N(Cc2ccccc2)[C@H](CC(C)C)C(N)=O)cc1. The molecule has 1 amide bonds. The van der Waals surface area contributed by atoms with Gasteiger partial charge in [0.2, 0.25) is 15.9 Å². The van der Waals surface area contributed by atoms with Crippen molar-refractivity contribution < 1.29 is 17.9 Å². The van der Waals surface area contributed by atoms with Gasteiger partial charge in [0, 0.05) is 6.54 Å². The number of hydrogen-bond donors (Lipinski definition) is 1. The number of ether oxygens (including phenoxy) is 1. The van der Waals surface area contributed by atoms with E-state index in [1.54, 1.807) is 12.1 Å². The van der Waals surface area contributed by atoms with E-state index in [0.717, 1.165) is 5.56 Å². The highest BCUT2D eigenvalue weighted by atomic mass is 32.2. The predicted molar refractivity (Wildman–Crippen MR) is 105 cm³/mol. The van der Waals surface area contributed by atoms with Crippen molar-refractivity contribution in [3.05, 3.63) is 60.2 Å². The van der Waals surface area contributed by atoms with Crippen molar-refractivity contribution in [3.8, 4) is 5.75 Å². The summed E-state index contributed by atoms with van der Waals surface area (Å²) in [5, 5.41) is 0. The number of hydrogen-bond acceptors (Lipinski definition) is 4. The maximum Gasteiger partial charge on any atom is 0.244 e. The van der Waals surface area contributed by atoms with Crippen molar-refractivity contribution >= 4 is 15.9 Å². The van der Waals surface area contributed by atoms with Gasteiger partial charge in [0.15, 0.2) is 0 Å². The summed E-state index contributed by atoms with van der Waals surface area (Å²) in [6.45, 7) is 3.92. The molecule has 0 aliphatic carbocycles. The van der Waals surface area contributed by atoms with Gasteiger partial charge in [-0.3, -0.25) is 4.79 Å². The van der Waals surface area contributed by atoms with Crippen LogP contribution in [0, 0.1) is 5.92 Å². The molecule has 0 radical (unpaired) electrons. The van der Waals surface area contributed by atoms with Crippen LogP contribution in [-0.2, 0) is 21.4 Å². The molecule has 6 nitrogen and oxygen atoms in total. The van der Waals surface area contributed by atoms with Crippen molar-refractivity contribution in [1.29, 1.82) is 0 Å². The molecule has 0 aromatic heterocycles. The minimum atomic E-state index is -3.94. The lowest BCUT2D eigenvalue weighted by Crippen LogP contribution is -2.48. The van der Waals surface area contributed by atoms with Crippen LogP contribution in [0.15, 0.2) is 59.5 Å². The average Bonchev–Trinajstić information content (AvgIpc) is 2.65. The number of benzene rings is 2. The van der Waals surface area contributed by atoms with E-state index in [-0.39, 0.29) is 17.4 Å². The highest BCUT2D eigenvalue weighted by Crippen LogP contribution is 2.25. The van der Waals surface area contributed by atoms with Crippen LogP contribution in [0.3, 0.4) is 0 Å². The molecule has 27 heavy (non-hydrogen) atoms. The van der Waals surface area contributed by atoms with Gasteiger partial charge in [0.05, 0.1) is 12.0 Å². The number of primary amides is 1. The van der Waals surface area contributed by atoms with Gasteiger partial charge in [-0.2, -0.15) is 4.31 Å². The van der Waals surface area contributed by atoms with Crippen LogP contribution in [0.1, 0.15) is 25.8 Å². The van der Waals surface area contributed by atoms with Gasteiger partial charge in [-0.25, -0.2) is 8.42 Å².